The number of hydrogen-bond donors (Lipinski definition) is 2. The maximum Gasteiger partial charge on any atom is 0.339 e. The third-order valence-electron chi connectivity index (χ3n) is 4.13. The SMILES string of the molecule is Cc1cccc(-n2c(C)cc(/C=N/NC(=O)Nc3ccccc3)c2C)c1. The van der Waals surface area contributed by atoms with Gasteiger partial charge in [-0.1, -0.05) is 30.3 Å². The van der Waals surface area contributed by atoms with E-state index in [1.165, 1.54) is 5.56 Å². The number of hydrogen-bond acceptors (Lipinski definition) is 2. The van der Waals surface area contributed by atoms with Crippen LogP contribution >= 0.6 is 0 Å². The van der Waals surface area contributed by atoms with Crippen LogP contribution in [-0.2, 0) is 0 Å². The van der Waals surface area contributed by atoms with Gasteiger partial charge in [0.05, 0.1) is 6.21 Å². The average Bonchev–Trinajstić information content (AvgIpc) is 2.89. The molecule has 0 spiro atoms. The molecule has 3 aromatic rings. The zero-order valence-electron chi connectivity index (χ0n) is 15.2. The number of hydrazone groups is 1. The molecule has 5 heteroatoms. The van der Waals surface area contributed by atoms with E-state index in [4.69, 9.17) is 0 Å². The van der Waals surface area contributed by atoms with Gasteiger partial charge in [0, 0.05) is 28.3 Å². The van der Waals surface area contributed by atoms with Crippen molar-refractivity contribution in [3.05, 3.63) is 83.2 Å². The number of carbonyl (C=O) groups excluding carboxylic acids is 1. The van der Waals surface area contributed by atoms with E-state index in [2.05, 4.69) is 58.5 Å². The van der Waals surface area contributed by atoms with Crippen molar-refractivity contribution >= 4 is 17.9 Å². The Morgan fingerprint density at radius 2 is 1.77 bits per heavy atom. The summed E-state index contributed by atoms with van der Waals surface area (Å²) in [6.45, 7) is 6.18. The molecule has 0 atom stereocenters. The monoisotopic (exact) mass is 346 g/mol. The molecular weight excluding hydrogens is 324 g/mol. The summed E-state index contributed by atoms with van der Waals surface area (Å²) in [5.41, 5.74) is 8.69. The molecule has 3 rings (SSSR count). The molecule has 1 heterocycles. The summed E-state index contributed by atoms with van der Waals surface area (Å²) in [6, 6.07) is 19.3. The van der Waals surface area contributed by atoms with E-state index in [0.717, 1.165) is 28.3 Å². The van der Waals surface area contributed by atoms with Crippen LogP contribution in [-0.4, -0.2) is 16.8 Å². The van der Waals surface area contributed by atoms with Gasteiger partial charge in [-0.05, 0) is 56.7 Å². The molecule has 5 nitrogen and oxygen atoms in total. The highest BCUT2D eigenvalue weighted by Gasteiger charge is 2.09. The van der Waals surface area contributed by atoms with Gasteiger partial charge in [0.1, 0.15) is 0 Å². The van der Waals surface area contributed by atoms with Crippen molar-refractivity contribution in [3.8, 4) is 5.69 Å². The molecule has 132 valence electrons. The molecule has 0 aliphatic rings. The van der Waals surface area contributed by atoms with Gasteiger partial charge < -0.3 is 9.88 Å². The zero-order valence-corrected chi connectivity index (χ0v) is 15.2. The predicted octanol–water partition coefficient (Wildman–Crippen LogP) is 4.56. The van der Waals surface area contributed by atoms with E-state index < -0.39 is 0 Å². The van der Waals surface area contributed by atoms with Crippen molar-refractivity contribution < 1.29 is 4.79 Å². The van der Waals surface area contributed by atoms with E-state index in [-0.39, 0.29) is 6.03 Å². The van der Waals surface area contributed by atoms with Crippen LogP contribution in [0, 0.1) is 20.8 Å². The van der Waals surface area contributed by atoms with E-state index in [1.807, 2.05) is 43.3 Å². The Hall–Kier alpha value is -3.34. The maximum absolute atomic E-state index is 11.9. The first-order valence-electron chi connectivity index (χ1n) is 8.45. The smallest absolute Gasteiger partial charge is 0.318 e. The lowest BCUT2D eigenvalue weighted by molar-refractivity contribution is 0.252. The molecule has 0 aliphatic carbocycles. The molecule has 0 unspecified atom stereocenters. The number of aromatic nitrogens is 1. The van der Waals surface area contributed by atoms with Gasteiger partial charge in [-0.25, -0.2) is 10.2 Å². The van der Waals surface area contributed by atoms with E-state index in [1.54, 1.807) is 6.21 Å². The van der Waals surface area contributed by atoms with Crippen LogP contribution in [0.4, 0.5) is 10.5 Å². The average molecular weight is 346 g/mol. The maximum atomic E-state index is 11.9. The molecule has 0 saturated carbocycles. The first-order chi connectivity index (χ1) is 12.5. The lowest BCUT2D eigenvalue weighted by Gasteiger charge is -2.10. The van der Waals surface area contributed by atoms with Gasteiger partial charge in [-0.2, -0.15) is 5.10 Å². The second kappa shape index (κ2) is 7.70. The number of benzene rings is 2. The van der Waals surface area contributed by atoms with Crippen LogP contribution in [0.5, 0.6) is 0 Å². The Morgan fingerprint density at radius 3 is 2.50 bits per heavy atom. The van der Waals surface area contributed by atoms with Crippen LogP contribution in [0.3, 0.4) is 0 Å². The minimum absolute atomic E-state index is 0.375. The summed E-state index contributed by atoms with van der Waals surface area (Å²) in [5, 5.41) is 6.79. The van der Waals surface area contributed by atoms with Gasteiger partial charge in [-0.3, -0.25) is 0 Å². The normalized spacial score (nSPS) is 10.9. The summed E-state index contributed by atoms with van der Waals surface area (Å²) in [6.07, 6.45) is 1.67. The zero-order chi connectivity index (χ0) is 18.5. The fourth-order valence-electron chi connectivity index (χ4n) is 2.92. The Labute approximate surface area is 153 Å². The van der Waals surface area contributed by atoms with Crippen LogP contribution in [0.15, 0.2) is 65.8 Å². The summed E-state index contributed by atoms with van der Waals surface area (Å²) < 4.78 is 2.18. The van der Waals surface area contributed by atoms with E-state index in [9.17, 15) is 4.79 Å². The fourth-order valence-corrected chi connectivity index (χ4v) is 2.92. The highest BCUT2D eigenvalue weighted by molar-refractivity contribution is 5.90. The van der Waals surface area contributed by atoms with Crippen molar-refractivity contribution in [2.24, 2.45) is 5.10 Å². The molecule has 0 fully saturated rings. The van der Waals surface area contributed by atoms with Crippen molar-refractivity contribution in [1.82, 2.24) is 9.99 Å². The van der Waals surface area contributed by atoms with Gasteiger partial charge in [0.2, 0.25) is 0 Å². The Bertz CT molecular complexity index is 942. The largest absolute Gasteiger partial charge is 0.339 e. The number of carbonyl (C=O) groups is 1. The summed E-state index contributed by atoms with van der Waals surface area (Å²) in [4.78, 5) is 11.9. The number of nitrogens with one attached hydrogen (secondary N) is 2. The minimum atomic E-state index is -0.375. The third kappa shape index (κ3) is 4.00. The molecule has 26 heavy (non-hydrogen) atoms. The van der Waals surface area contributed by atoms with Crippen molar-refractivity contribution in [2.75, 3.05) is 5.32 Å². The molecule has 2 N–H and O–H groups in total. The van der Waals surface area contributed by atoms with Gasteiger partial charge >= 0.3 is 6.03 Å². The van der Waals surface area contributed by atoms with Crippen LogP contribution in [0.25, 0.3) is 5.69 Å². The van der Waals surface area contributed by atoms with Gasteiger partial charge in [0.25, 0.3) is 0 Å². The Morgan fingerprint density at radius 1 is 1.00 bits per heavy atom. The molecule has 0 radical (unpaired) electrons. The number of anilines is 1. The molecular formula is C21H22N4O. The lowest BCUT2D eigenvalue weighted by atomic mass is 10.2. The standard InChI is InChI=1S/C21H22N4O/c1-15-8-7-11-20(12-15)25-16(2)13-18(17(25)3)14-22-24-21(26)23-19-9-5-4-6-10-19/h4-14H,1-3H3,(H2,23,24,26)/b22-14+. The highest BCUT2D eigenvalue weighted by atomic mass is 16.2. The Kier molecular flexibility index (Phi) is 5.17. The number of nitrogens with zero attached hydrogens (tertiary/aromatic N) is 2. The lowest BCUT2D eigenvalue weighted by Crippen LogP contribution is -2.24. The summed E-state index contributed by atoms with van der Waals surface area (Å²) in [7, 11) is 0. The molecule has 2 amide bonds. The number of urea groups is 1. The van der Waals surface area contributed by atoms with Crippen molar-refractivity contribution in [2.45, 2.75) is 20.8 Å². The molecule has 2 aromatic carbocycles. The molecule has 0 bridgehead atoms. The summed E-state index contributed by atoms with van der Waals surface area (Å²) in [5.74, 6) is 0. The Balaban J connectivity index is 1.71. The van der Waals surface area contributed by atoms with Crippen LogP contribution < -0.4 is 10.7 Å². The molecule has 1 aromatic heterocycles. The van der Waals surface area contributed by atoms with Crippen molar-refractivity contribution in [3.63, 3.8) is 0 Å². The fraction of sp³-hybridized carbons (Fsp3) is 0.143. The van der Waals surface area contributed by atoms with E-state index >= 15 is 0 Å². The first-order valence-corrected chi connectivity index (χ1v) is 8.45. The number of amides is 2. The third-order valence-corrected chi connectivity index (χ3v) is 4.13. The van der Waals surface area contributed by atoms with Crippen LogP contribution in [0.2, 0.25) is 0 Å². The quantitative estimate of drug-likeness (QED) is 0.528. The predicted molar refractivity (Wildman–Crippen MR) is 106 cm³/mol. The minimum Gasteiger partial charge on any atom is -0.318 e. The number of aryl methyl sites for hydroxylation is 2. The number of para-hydroxylation sites is 1. The van der Waals surface area contributed by atoms with Gasteiger partial charge in [0.15, 0.2) is 0 Å². The van der Waals surface area contributed by atoms with Crippen LogP contribution in [0.1, 0.15) is 22.5 Å². The second-order valence-corrected chi connectivity index (χ2v) is 6.19. The van der Waals surface area contributed by atoms with Crippen molar-refractivity contribution in [1.29, 1.82) is 0 Å². The van der Waals surface area contributed by atoms with Gasteiger partial charge in [-0.15, -0.1) is 0 Å². The topological polar surface area (TPSA) is 58.4 Å². The summed E-state index contributed by atoms with van der Waals surface area (Å²) >= 11 is 0. The molecule has 0 aliphatic heterocycles. The molecule has 0 saturated heterocycles. The number of rotatable bonds is 4. The first kappa shape index (κ1) is 17.5. The van der Waals surface area contributed by atoms with E-state index in [0.29, 0.717) is 0 Å². The second-order valence-electron chi connectivity index (χ2n) is 6.19. The highest BCUT2D eigenvalue weighted by Crippen LogP contribution is 2.20.